The number of amides is 1. The monoisotopic (exact) mass is 447 g/mol. The molecular weight excluding hydrogens is 418 g/mol. The highest BCUT2D eigenvalue weighted by Crippen LogP contribution is 2.40. The van der Waals surface area contributed by atoms with Crippen molar-refractivity contribution in [2.75, 3.05) is 24.7 Å². The summed E-state index contributed by atoms with van der Waals surface area (Å²) in [7, 11) is 0. The Balaban J connectivity index is 1.59. The smallest absolute Gasteiger partial charge is 0.408 e. The van der Waals surface area contributed by atoms with Gasteiger partial charge in [0.15, 0.2) is 6.10 Å². The fourth-order valence-electron chi connectivity index (χ4n) is 2.56. The lowest BCUT2D eigenvalue weighted by Gasteiger charge is -2.07. The summed E-state index contributed by atoms with van der Waals surface area (Å²) in [5.41, 5.74) is 2.03. The third-order valence-electron chi connectivity index (χ3n) is 4.06. The van der Waals surface area contributed by atoms with E-state index in [0.29, 0.717) is 19.6 Å². The van der Waals surface area contributed by atoms with Crippen molar-refractivity contribution in [3.63, 3.8) is 0 Å². The minimum atomic E-state index is -0.411. The highest BCUT2D eigenvalue weighted by Gasteiger charge is 2.40. The third-order valence-corrected chi connectivity index (χ3v) is 5.27. The van der Waals surface area contributed by atoms with E-state index in [1.54, 1.807) is 11.8 Å². The van der Waals surface area contributed by atoms with E-state index in [1.807, 2.05) is 67.7 Å². The Morgan fingerprint density at radius 3 is 2.23 bits per heavy atom. The number of allylic oxidation sites excluding steroid dienone is 10. The molecule has 1 atom stereocenters. The third kappa shape index (κ3) is 10.1. The predicted molar refractivity (Wildman–Crippen MR) is 127 cm³/mol. The molecule has 7 heteroatoms. The standard InChI is InChI=1S/C23H29NO4S2/c1-18(29)17-21(25)27-14-16-30-15-10-13-24-23(26)28-22-19-11-8-6-4-2-3-5-7-9-12-20(19)22/h2-9,11-12,18,22,29H,10,13-17H2,1H3,(H,24,26)/b3-2?,4-2-,5-3-,6-4?,7-5?,8-6-,9-7-,11-8?,12-9?,19-11+,20-12+. The first-order valence-corrected chi connectivity index (χ1v) is 11.7. The Bertz CT molecular complexity index is 725. The summed E-state index contributed by atoms with van der Waals surface area (Å²) in [4.78, 5) is 23.4. The fourth-order valence-corrected chi connectivity index (χ4v) is 3.46. The minimum absolute atomic E-state index is 0.0161. The average molecular weight is 448 g/mol. The van der Waals surface area contributed by atoms with Gasteiger partial charge in [0.05, 0.1) is 6.42 Å². The highest BCUT2D eigenvalue weighted by atomic mass is 32.2. The molecule has 0 radical (unpaired) electrons. The van der Waals surface area contributed by atoms with Crippen molar-refractivity contribution in [3.8, 4) is 0 Å². The maximum absolute atomic E-state index is 12.0. The fraction of sp³-hybridized carbons (Fsp3) is 0.391. The number of esters is 1. The normalized spacial score (nSPS) is 26.0. The molecule has 0 bridgehead atoms. The van der Waals surface area contributed by atoms with Crippen LogP contribution in [0.15, 0.2) is 71.9 Å². The molecule has 162 valence electrons. The van der Waals surface area contributed by atoms with E-state index in [-0.39, 0.29) is 17.3 Å². The van der Waals surface area contributed by atoms with Gasteiger partial charge in [0.25, 0.3) is 0 Å². The molecule has 0 aromatic heterocycles. The summed E-state index contributed by atoms with van der Waals surface area (Å²) in [6.45, 7) is 2.81. The summed E-state index contributed by atoms with van der Waals surface area (Å²) >= 11 is 5.85. The van der Waals surface area contributed by atoms with Crippen LogP contribution in [0.4, 0.5) is 4.79 Å². The molecule has 0 aromatic carbocycles. The first-order valence-electron chi connectivity index (χ1n) is 10.0. The second-order valence-electron chi connectivity index (χ2n) is 6.74. The Morgan fingerprint density at radius 2 is 1.63 bits per heavy atom. The first kappa shape index (κ1) is 24.2. The zero-order valence-electron chi connectivity index (χ0n) is 17.2. The van der Waals surface area contributed by atoms with Crippen molar-refractivity contribution in [3.05, 3.63) is 71.9 Å². The van der Waals surface area contributed by atoms with Crippen LogP contribution in [0.5, 0.6) is 0 Å². The molecule has 2 rings (SSSR count). The van der Waals surface area contributed by atoms with Crippen LogP contribution < -0.4 is 5.32 Å². The van der Waals surface area contributed by atoms with Crippen LogP contribution in [0.2, 0.25) is 0 Å². The van der Waals surface area contributed by atoms with E-state index in [0.717, 1.165) is 29.1 Å². The molecule has 2 aliphatic carbocycles. The van der Waals surface area contributed by atoms with Gasteiger partial charge in [-0.25, -0.2) is 4.79 Å². The Morgan fingerprint density at radius 1 is 1.03 bits per heavy atom. The number of fused-ring (bicyclic) bond motifs is 1. The minimum Gasteiger partial charge on any atom is -0.465 e. The Labute approximate surface area is 188 Å². The van der Waals surface area contributed by atoms with E-state index < -0.39 is 6.09 Å². The van der Waals surface area contributed by atoms with Crippen molar-refractivity contribution >= 4 is 36.5 Å². The topological polar surface area (TPSA) is 64.6 Å². The summed E-state index contributed by atoms with van der Waals surface area (Å²) in [5, 5.41) is 2.81. The lowest BCUT2D eigenvalue weighted by atomic mass is 10.3. The zero-order valence-corrected chi connectivity index (χ0v) is 18.9. The van der Waals surface area contributed by atoms with Crippen molar-refractivity contribution < 1.29 is 19.1 Å². The molecule has 1 fully saturated rings. The molecule has 0 aromatic rings. The number of nitrogens with one attached hydrogen (secondary N) is 1. The number of ether oxygens (including phenoxy) is 2. The van der Waals surface area contributed by atoms with Crippen molar-refractivity contribution in [1.82, 2.24) is 5.32 Å². The van der Waals surface area contributed by atoms with Crippen LogP contribution in [-0.4, -0.2) is 48.1 Å². The molecule has 1 saturated carbocycles. The van der Waals surface area contributed by atoms with Gasteiger partial charge in [-0.15, -0.1) is 0 Å². The number of carbonyl (C=O) groups excluding carboxylic acids is 2. The van der Waals surface area contributed by atoms with Gasteiger partial charge < -0.3 is 14.8 Å². The summed E-state index contributed by atoms with van der Waals surface area (Å²) in [6, 6.07) is 0. The average Bonchev–Trinajstić information content (AvgIpc) is 3.33. The summed E-state index contributed by atoms with van der Waals surface area (Å²) < 4.78 is 10.6. The number of hydrogen-bond donors (Lipinski definition) is 2. The molecule has 1 amide bonds. The van der Waals surface area contributed by atoms with E-state index in [9.17, 15) is 9.59 Å². The summed E-state index contributed by atoms with van der Waals surface area (Å²) in [6.07, 6.45) is 19.9. The maximum atomic E-state index is 12.0. The Kier molecular flexibility index (Phi) is 11.3. The van der Waals surface area contributed by atoms with E-state index in [2.05, 4.69) is 17.9 Å². The first-order chi connectivity index (χ1) is 14.6. The van der Waals surface area contributed by atoms with Crippen molar-refractivity contribution in [1.29, 1.82) is 0 Å². The van der Waals surface area contributed by atoms with Crippen LogP contribution in [0.25, 0.3) is 0 Å². The van der Waals surface area contributed by atoms with Gasteiger partial charge in [-0.05, 0) is 12.2 Å². The van der Waals surface area contributed by atoms with Gasteiger partial charge >= 0.3 is 12.1 Å². The van der Waals surface area contributed by atoms with Crippen LogP contribution in [0.1, 0.15) is 19.8 Å². The maximum Gasteiger partial charge on any atom is 0.408 e. The number of thioether (sulfide) groups is 1. The molecule has 5 nitrogen and oxygen atoms in total. The summed E-state index contributed by atoms with van der Waals surface area (Å²) in [5.74, 6) is 1.40. The molecule has 0 spiro atoms. The van der Waals surface area contributed by atoms with Gasteiger partial charge in [-0.2, -0.15) is 24.4 Å². The van der Waals surface area contributed by atoms with Crippen LogP contribution in [0, 0.1) is 0 Å². The molecule has 1 unspecified atom stereocenters. The number of thiol groups is 1. The SMILES string of the molecule is CC(S)CC(=O)OCCSCCCNC(=O)OC1C2=C/C=C\C=C/C=C\C=C/C=C\21. The molecule has 30 heavy (non-hydrogen) atoms. The second kappa shape index (κ2) is 14.0. The van der Waals surface area contributed by atoms with Crippen molar-refractivity contribution in [2.24, 2.45) is 0 Å². The molecule has 1 N–H and O–H groups in total. The number of rotatable bonds is 10. The molecule has 0 saturated heterocycles. The lowest BCUT2D eigenvalue weighted by molar-refractivity contribution is -0.142. The number of hydrogen-bond acceptors (Lipinski definition) is 6. The second-order valence-corrected chi connectivity index (χ2v) is 8.84. The van der Waals surface area contributed by atoms with Gasteiger partial charge in [-0.1, -0.05) is 67.7 Å². The quantitative estimate of drug-likeness (QED) is 0.292. The number of alkyl carbamates (subject to hydrolysis) is 1. The van der Waals surface area contributed by atoms with Crippen LogP contribution in [-0.2, 0) is 14.3 Å². The van der Waals surface area contributed by atoms with E-state index in [4.69, 9.17) is 9.47 Å². The lowest BCUT2D eigenvalue weighted by Crippen LogP contribution is -2.26. The van der Waals surface area contributed by atoms with E-state index >= 15 is 0 Å². The molecular formula is C23H29NO4S2. The van der Waals surface area contributed by atoms with Gasteiger partial charge in [0, 0.05) is 28.7 Å². The Hall–Kier alpha value is -2.12. The van der Waals surface area contributed by atoms with E-state index in [1.165, 1.54) is 0 Å². The van der Waals surface area contributed by atoms with Crippen LogP contribution in [0.3, 0.4) is 0 Å². The molecule has 0 aliphatic heterocycles. The molecule has 0 heterocycles. The highest BCUT2D eigenvalue weighted by molar-refractivity contribution is 7.99. The van der Waals surface area contributed by atoms with Crippen LogP contribution >= 0.6 is 24.4 Å². The van der Waals surface area contributed by atoms with Gasteiger partial charge in [0.1, 0.15) is 6.61 Å². The molecule has 2 aliphatic rings. The van der Waals surface area contributed by atoms with Gasteiger partial charge in [0.2, 0.25) is 0 Å². The predicted octanol–water partition coefficient (Wildman–Crippen LogP) is 4.56. The zero-order chi connectivity index (χ0) is 21.6. The van der Waals surface area contributed by atoms with Crippen molar-refractivity contribution in [2.45, 2.75) is 31.1 Å². The number of carbonyl (C=O) groups is 2. The largest absolute Gasteiger partial charge is 0.465 e. The van der Waals surface area contributed by atoms with Gasteiger partial charge in [-0.3, -0.25) is 4.79 Å².